The Bertz CT molecular complexity index is 499. The number of Topliss-reactive ketones (excluding diaryl/α,β-unsaturated/α-hetero) is 1. The lowest BCUT2D eigenvalue weighted by molar-refractivity contribution is -0.137. The molecule has 1 aromatic carbocycles. The summed E-state index contributed by atoms with van der Waals surface area (Å²) < 4.78 is 5.59. The zero-order valence-electron chi connectivity index (χ0n) is 12.9. The zero-order valence-corrected chi connectivity index (χ0v) is 12.9. The first-order valence-corrected chi connectivity index (χ1v) is 7.18. The molecule has 21 heavy (non-hydrogen) atoms. The first-order valence-electron chi connectivity index (χ1n) is 7.18. The molecule has 0 radical (unpaired) electrons. The monoisotopic (exact) mass is 293 g/mol. The van der Waals surface area contributed by atoms with Crippen molar-refractivity contribution in [2.45, 2.75) is 33.7 Å². The molecule has 116 valence electrons. The van der Waals surface area contributed by atoms with Crippen LogP contribution in [-0.4, -0.2) is 41.5 Å². The Morgan fingerprint density at radius 3 is 2.52 bits per heavy atom. The van der Waals surface area contributed by atoms with Gasteiger partial charge in [-0.3, -0.25) is 14.5 Å². The molecule has 0 aliphatic carbocycles. The molecular formula is C16H23NO4. The standard InChI is InChI=1S/C16H23NO4/c1-4-17(9-8-16(19)20)11-14-10-13(12(3)18)6-7-15(14)21-5-2/h6-7,10H,4-5,8-9,11H2,1-3H3,(H,19,20). The Morgan fingerprint density at radius 1 is 1.29 bits per heavy atom. The van der Waals surface area contributed by atoms with Crippen LogP contribution in [0.5, 0.6) is 5.75 Å². The summed E-state index contributed by atoms with van der Waals surface area (Å²) in [5.74, 6) is -0.0554. The molecule has 0 aliphatic rings. The van der Waals surface area contributed by atoms with E-state index in [4.69, 9.17) is 9.84 Å². The SMILES string of the molecule is CCOc1ccc(C(C)=O)cc1CN(CC)CCC(=O)O. The van der Waals surface area contributed by atoms with E-state index < -0.39 is 5.97 Å². The van der Waals surface area contributed by atoms with Crippen LogP contribution in [0.15, 0.2) is 18.2 Å². The molecule has 0 amide bonds. The summed E-state index contributed by atoms with van der Waals surface area (Å²) in [5, 5.41) is 8.78. The predicted molar refractivity (Wildman–Crippen MR) is 80.8 cm³/mol. The van der Waals surface area contributed by atoms with Crippen molar-refractivity contribution in [1.82, 2.24) is 4.90 Å². The van der Waals surface area contributed by atoms with Crippen molar-refractivity contribution in [3.05, 3.63) is 29.3 Å². The van der Waals surface area contributed by atoms with Gasteiger partial charge in [0.25, 0.3) is 0 Å². The fourth-order valence-corrected chi connectivity index (χ4v) is 2.06. The average Bonchev–Trinajstić information content (AvgIpc) is 2.44. The van der Waals surface area contributed by atoms with Crippen LogP contribution in [0.25, 0.3) is 0 Å². The maximum atomic E-state index is 11.5. The molecule has 1 rings (SSSR count). The lowest BCUT2D eigenvalue weighted by Crippen LogP contribution is -2.26. The number of benzene rings is 1. The molecule has 0 fully saturated rings. The Hall–Kier alpha value is -1.88. The number of carboxylic acids is 1. The van der Waals surface area contributed by atoms with E-state index in [0.717, 1.165) is 17.9 Å². The minimum atomic E-state index is -0.809. The van der Waals surface area contributed by atoms with Crippen molar-refractivity contribution in [3.8, 4) is 5.75 Å². The highest BCUT2D eigenvalue weighted by molar-refractivity contribution is 5.94. The van der Waals surface area contributed by atoms with E-state index in [1.165, 1.54) is 6.92 Å². The fraction of sp³-hybridized carbons (Fsp3) is 0.500. The molecule has 1 N–H and O–H groups in total. The first-order chi connectivity index (χ1) is 9.97. The number of aliphatic carboxylic acids is 1. The van der Waals surface area contributed by atoms with E-state index >= 15 is 0 Å². The number of hydrogen-bond donors (Lipinski definition) is 1. The van der Waals surface area contributed by atoms with Gasteiger partial charge in [-0.15, -0.1) is 0 Å². The van der Waals surface area contributed by atoms with Gasteiger partial charge in [-0.1, -0.05) is 6.92 Å². The number of ether oxygens (including phenoxy) is 1. The molecule has 0 saturated carbocycles. The number of rotatable bonds is 9. The molecule has 0 atom stereocenters. The van der Waals surface area contributed by atoms with Crippen LogP contribution < -0.4 is 4.74 Å². The number of hydrogen-bond acceptors (Lipinski definition) is 4. The summed E-state index contributed by atoms with van der Waals surface area (Å²) in [6, 6.07) is 5.39. The van der Waals surface area contributed by atoms with Gasteiger partial charge >= 0.3 is 5.97 Å². The molecule has 0 heterocycles. The molecule has 5 nitrogen and oxygen atoms in total. The molecule has 0 spiro atoms. The maximum absolute atomic E-state index is 11.5. The number of nitrogens with zero attached hydrogens (tertiary/aromatic N) is 1. The van der Waals surface area contributed by atoms with Gasteiger partial charge in [0.1, 0.15) is 5.75 Å². The second kappa shape index (κ2) is 8.42. The Morgan fingerprint density at radius 2 is 2.00 bits per heavy atom. The second-order valence-electron chi connectivity index (χ2n) is 4.82. The molecule has 0 saturated heterocycles. The normalized spacial score (nSPS) is 10.7. The third-order valence-electron chi connectivity index (χ3n) is 3.25. The quantitative estimate of drug-likeness (QED) is 0.709. The predicted octanol–water partition coefficient (Wildman–Crippen LogP) is 2.58. The van der Waals surface area contributed by atoms with Crippen molar-refractivity contribution >= 4 is 11.8 Å². The topological polar surface area (TPSA) is 66.8 Å². The molecule has 5 heteroatoms. The Balaban J connectivity index is 2.93. The van der Waals surface area contributed by atoms with Gasteiger partial charge < -0.3 is 9.84 Å². The molecule has 0 aliphatic heterocycles. The van der Waals surface area contributed by atoms with E-state index in [-0.39, 0.29) is 12.2 Å². The summed E-state index contributed by atoms with van der Waals surface area (Å²) in [6.45, 7) is 7.75. The molecule has 0 unspecified atom stereocenters. The molecular weight excluding hydrogens is 270 g/mol. The minimum Gasteiger partial charge on any atom is -0.494 e. The lowest BCUT2D eigenvalue weighted by Gasteiger charge is -2.21. The highest BCUT2D eigenvalue weighted by Gasteiger charge is 2.12. The van der Waals surface area contributed by atoms with Gasteiger partial charge in [0.15, 0.2) is 5.78 Å². The largest absolute Gasteiger partial charge is 0.494 e. The number of ketones is 1. The fourth-order valence-electron chi connectivity index (χ4n) is 2.06. The number of carbonyl (C=O) groups is 2. The summed E-state index contributed by atoms with van der Waals surface area (Å²) in [6.07, 6.45) is 0.101. The van der Waals surface area contributed by atoms with Crippen molar-refractivity contribution in [2.75, 3.05) is 19.7 Å². The van der Waals surface area contributed by atoms with Crippen molar-refractivity contribution in [1.29, 1.82) is 0 Å². The van der Waals surface area contributed by atoms with E-state index in [2.05, 4.69) is 0 Å². The average molecular weight is 293 g/mol. The summed E-state index contributed by atoms with van der Waals surface area (Å²) in [4.78, 5) is 24.2. The van der Waals surface area contributed by atoms with Gasteiger partial charge in [0.05, 0.1) is 13.0 Å². The van der Waals surface area contributed by atoms with Gasteiger partial charge in [-0.05, 0) is 38.6 Å². The van der Waals surface area contributed by atoms with E-state index in [0.29, 0.717) is 25.3 Å². The van der Waals surface area contributed by atoms with Gasteiger partial charge in [0.2, 0.25) is 0 Å². The lowest BCUT2D eigenvalue weighted by atomic mass is 10.1. The van der Waals surface area contributed by atoms with Crippen LogP contribution in [0.3, 0.4) is 0 Å². The Labute approximate surface area is 125 Å². The van der Waals surface area contributed by atoms with Crippen molar-refractivity contribution in [3.63, 3.8) is 0 Å². The van der Waals surface area contributed by atoms with E-state index in [1.807, 2.05) is 24.8 Å². The van der Waals surface area contributed by atoms with Crippen LogP contribution in [0.4, 0.5) is 0 Å². The van der Waals surface area contributed by atoms with Crippen LogP contribution in [0, 0.1) is 0 Å². The summed E-state index contributed by atoms with van der Waals surface area (Å²) in [7, 11) is 0. The van der Waals surface area contributed by atoms with Crippen LogP contribution >= 0.6 is 0 Å². The summed E-state index contributed by atoms with van der Waals surface area (Å²) in [5.41, 5.74) is 1.56. The van der Waals surface area contributed by atoms with Gasteiger partial charge in [-0.2, -0.15) is 0 Å². The van der Waals surface area contributed by atoms with Gasteiger partial charge in [-0.25, -0.2) is 0 Å². The third-order valence-corrected chi connectivity index (χ3v) is 3.25. The number of carbonyl (C=O) groups excluding carboxylic acids is 1. The first kappa shape index (κ1) is 17.2. The second-order valence-corrected chi connectivity index (χ2v) is 4.82. The Kier molecular flexibility index (Phi) is 6.88. The van der Waals surface area contributed by atoms with E-state index in [9.17, 15) is 9.59 Å². The summed E-state index contributed by atoms with van der Waals surface area (Å²) >= 11 is 0. The zero-order chi connectivity index (χ0) is 15.8. The highest BCUT2D eigenvalue weighted by Crippen LogP contribution is 2.22. The van der Waals surface area contributed by atoms with Crippen LogP contribution in [-0.2, 0) is 11.3 Å². The van der Waals surface area contributed by atoms with Crippen molar-refractivity contribution in [2.24, 2.45) is 0 Å². The van der Waals surface area contributed by atoms with E-state index in [1.54, 1.807) is 12.1 Å². The smallest absolute Gasteiger partial charge is 0.304 e. The third kappa shape index (κ3) is 5.55. The van der Waals surface area contributed by atoms with Crippen LogP contribution in [0.1, 0.15) is 43.1 Å². The number of carboxylic acid groups (broad SMARTS) is 1. The maximum Gasteiger partial charge on any atom is 0.304 e. The minimum absolute atomic E-state index is 0.00730. The van der Waals surface area contributed by atoms with Crippen LogP contribution in [0.2, 0.25) is 0 Å². The van der Waals surface area contributed by atoms with Crippen molar-refractivity contribution < 1.29 is 19.4 Å². The highest BCUT2D eigenvalue weighted by atomic mass is 16.5. The van der Waals surface area contributed by atoms with Gasteiger partial charge in [0, 0.05) is 24.2 Å². The molecule has 1 aromatic rings. The molecule has 0 bridgehead atoms. The molecule has 0 aromatic heterocycles.